The number of nitrogens with one attached hydrogen (secondary N) is 2. The minimum absolute atomic E-state index is 0.121. The molecule has 0 saturated heterocycles. The molecule has 0 fully saturated rings. The minimum Gasteiger partial charge on any atom is -0.383 e. The number of anilines is 3. The number of aromatic nitrogens is 3. The van der Waals surface area contributed by atoms with Crippen LogP contribution in [-0.4, -0.2) is 33.7 Å². The molecule has 160 valence electrons. The van der Waals surface area contributed by atoms with E-state index in [1.807, 2.05) is 20.8 Å². The standard InChI is InChI=1S/C19H30N6O4/c1-5-6-8-24(9-7-15(26)21-14-10-13(4)29-23-14)16-17(20)25(11-12(2)3)19(28)22-18(16)27/h10,12H,5-9,11,20H2,1-4H3,(H,21,23,26)(H,22,27,28). The number of H-pyrrole nitrogens is 1. The average molecular weight is 406 g/mol. The summed E-state index contributed by atoms with van der Waals surface area (Å²) < 4.78 is 6.30. The van der Waals surface area contributed by atoms with Gasteiger partial charge in [0.05, 0.1) is 0 Å². The minimum atomic E-state index is -0.545. The average Bonchev–Trinajstić information content (AvgIpc) is 3.04. The molecular weight excluding hydrogens is 376 g/mol. The zero-order chi connectivity index (χ0) is 21.6. The third kappa shape index (κ3) is 5.97. The van der Waals surface area contributed by atoms with E-state index in [9.17, 15) is 14.4 Å². The maximum Gasteiger partial charge on any atom is 0.330 e. The van der Waals surface area contributed by atoms with Crippen molar-refractivity contribution in [2.24, 2.45) is 5.92 Å². The van der Waals surface area contributed by atoms with Gasteiger partial charge >= 0.3 is 5.69 Å². The van der Waals surface area contributed by atoms with Gasteiger partial charge in [-0.25, -0.2) is 4.79 Å². The Balaban J connectivity index is 2.23. The van der Waals surface area contributed by atoms with Crippen LogP contribution in [0.1, 0.15) is 45.8 Å². The summed E-state index contributed by atoms with van der Waals surface area (Å²) >= 11 is 0. The molecule has 2 rings (SSSR count). The van der Waals surface area contributed by atoms with Crippen molar-refractivity contribution in [3.8, 4) is 0 Å². The van der Waals surface area contributed by atoms with Crippen molar-refractivity contribution < 1.29 is 9.32 Å². The molecular formula is C19H30N6O4. The lowest BCUT2D eigenvalue weighted by Crippen LogP contribution is -2.40. The van der Waals surface area contributed by atoms with E-state index in [4.69, 9.17) is 10.3 Å². The van der Waals surface area contributed by atoms with E-state index in [-0.39, 0.29) is 36.3 Å². The quantitative estimate of drug-likeness (QED) is 0.546. The highest BCUT2D eigenvalue weighted by atomic mass is 16.5. The first kappa shape index (κ1) is 22.3. The summed E-state index contributed by atoms with van der Waals surface area (Å²) in [7, 11) is 0. The second-order valence-electron chi connectivity index (χ2n) is 7.46. The first-order chi connectivity index (χ1) is 13.7. The fraction of sp³-hybridized carbons (Fsp3) is 0.579. The molecule has 0 spiro atoms. The summed E-state index contributed by atoms with van der Waals surface area (Å²) in [5, 5.41) is 6.39. The number of nitrogens with two attached hydrogens (primary N) is 1. The van der Waals surface area contributed by atoms with Crippen LogP contribution in [0.3, 0.4) is 0 Å². The van der Waals surface area contributed by atoms with Crippen molar-refractivity contribution in [1.82, 2.24) is 14.7 Å². The van der Waals surface area contributed by atoms with Gasteiger partial charge in [-0.1, -0.05) is 32.3 Å². The Morgan fingerprint density at radius 3 is 2.69 bits per heavy atom. The zero-order valence-electron chi connectivity index (χ0n) is 17.4. The summed E-state index contributed by atoms with van der Waals surface area (Å²) in [6.45, 7) is 8.89. The molecule has 0 unspecified atom stereocenters. The number of aryl methyl sites for hydroxylation is 1. The van der Waals surface area contributed by atoms with Gasteiger partial charge in [0.1, 0.15) is 17.3 Å². The highest BCUT2D eigenvalue weighted by Crippen LogP contribution is 2.19. The maximum atomic E-state index is 12.5. The van der Waals surface area contributed by atoms with Gasteiger partial charge in [0.25, 0.3) is 5.56 Å². The second-order valence-corrected chi connectivity index (χ2v) is 7.46. The lowest BCUT2D eigenvalue weighted by molar-refractivity contribution is -0.116. The molecule has 0 bridgehead atoms. The van der Waals surface area contributed by atoms with Crippen LogP contribution >= 0.6 is 0 Å². The van der Waals surface area contributed by atoms with Gasteiger partial charge in [-0.3, -0.25) is 19.1 Å². The van der Waals surface area contributed by atoms with Crippen LogP contribution in [-0.2, 0) is 11.3 Å². The molecule has 0 atom stereocenters. The van der Waals surface area contributed by atoms with E-state index < -0.39 is 11.2 Å². The number of carbonyl (C=O) groups is 1. The van der Waals surface area contributed by atoms with E-state index >= 15 is 0 Å². The summed E-state index contributed by atoms with van der Waals surface area (Å²) in [4.78, 5) is 41.1. The Morgan fingerprint density at radius 2 is 2.10 bits per heavy atom. The van der Waals surface area contributed by atoms with E-state index in [0.717, 1.165) is 12.8 Å². The summed E-state index contributed by atoms with van der Waals surface area (Å²) in [5.41, 5.74) is 5.37. The number of carbonyl (C=O) groups excluding carboxylic acids is 1. The molecule has 1 amide bonds. The molecule has 0 radical (unpaired) electrons. The third-order valence-corrected chi connectivity index (χ3v) is 4.36. The number of nitrogen functional groups attached to an aromatic ring is 1. The number of hydrogen-bond donors (Lipinski definition) is 3. The molecule has 0 aliphatic heterocycles. The molecule has 0 aliphatic rings. The molecule has 2 aromatic rings. The van der Waals surface area contributed by atoms with Crippen LogP contribution in [0.25, 0.3) is 0 Å². The van der Waals surface area contributed by atoms with Crippen molar-refractivity contribution in [2.45, 2.75) is 53.5 Å². The molecule has 2 heterocycles. The van der Waals surface area contributed by atoms with Crippen molar-refractivity contribution in [3.63, 3.8) is 0 Å². The van der Waals surface area contributed by atoms with Gasteiger partial charge in [-0.2, -0.15) is 0 Å². The van der Waals surface area contributed by atoms with Crippen molar-refractivity contribution in [1.29, 1.82) is 0 Å². The highest BCUT2D eigenvalue weighted by molar-refractivity contribution is 5.90. The maximum absolute atomic E-state index is 12.5. The molecule has 10 heteroatoms. The smallest absolute Gasteiger partial charge is 0.330 e. The van der Waals surface area contributed by atoms with Crippen molar-refractivity contribution in [2.75, 3.05) is 29.0 Å². The molecule has 0 saturated carbocycles. The molecule has 0 aromatic carbocycles. The van der Waals surface area contributed by atoms with Crippen LogP contribution in [0.4, 0.5) is 17.3 Å². The summed E-state index contributed by atoms with van der Waals surface area (Å²) in [6.07, 6.45) is 1.84. The Hall–Kier alpha value is -3.04. The lowest BCUT2D eigenvalue weighted by atomic mass is 10.2. The number of nitrogens with zero attached hydrogens (tertiary/aromatic N) is 3. The monoisotopic (exact) mass is 406 g/mol. The molecule has 0 aliphatic carbocycles. The van der Waals surface area contributed by atoms with E-state index in [0.29, 0.717) is 24.7 Å². The number of rotatable bonds is 10. The van der Waals surface area contributed by atoms with Crippen LogP contribution in [0.15, 0.2) is 20.2 Å². The van der Waals surface area contributed by atoms with Crippen LogP contribution in [0.2, 0.25) is 0 Å². The van der Waals surface area contributed by atoms with Crippen molar-refractivity contribution >= 4 is 23.2 Å². The van der Waals surface area contributed by atoms with Crippen LogP contribution < -0.4 is 27.2 Å². The van der Waals surface area contributed by atoms with Crippen LogP contribution in [0, 0.1) is 12.8 Å². The zero-order valence-corrected chi connectivity index (χ0v) is 17.4. The number of hydrogen-bond acceptors (Lipinski definition) is 7. The summed E-state index contributed by atoms with van der Waals surface area (Å²) in [6, 6.07) is 1.62. The summed E-state index contributed by atoms with van der Waals surface area (Å²) in [5.74, 6) is 0.975. The number of amides is 1. The Labute approximate surface area is 169 Å². The van der Waals surface area contributed by atoms with Gasteiger partial charge in [0.2, 0.25) is 5.91 Å². The van der Waals surface area contributed by atoms with E-state index in [1.165, 1.54) is 4.57 Å². The second kappa shape index (κ2) is 9.94. The topological polar surface area (TPSA) is 139 Å². The highest BCUT2D eigenvalue weighted by Gasteiger charge is 2.20. The van der Waals surface area contributed by atoms with Gasteiger partial charge < -0.3 is 20.5 Å². The normalized spacial score (nSPS) is 11.1. The molecule has 2 aromatic heterocycles. The largest absolute Gasteiger partial charge is 0.383 e. The number of unbranched alkanes of at least 4 members (excludes halogenated alkanes) is 1. The molecule has 4 N–H and O–H groups in total. The first-order valence-electron chi connectivity index (χ1n) is 9.83. The first-order valence-corrected chi connectivity index (χ1v) is 9.83. The van der Waals surface area contributed by atoms with E-state index in [1.54, 1.807) is 17.9 Å². The van der Waals surface area contributed by atoms with Crippen LogP contribution in [0.5, 0.6) is 0 Å². The lowest BCUT2D eigenvalue weighted by Gasteiger charge is -2.26. The predicted octanol–water partition coefficient (Wildman–Crippen LogP) is 1.71. The molecule has 10 nitrogen and oxygen atoms in total. The van der Waals surface area contributed by atoms with Gasteiger partial charge in [-0.15, -0.1) is 0 Å². The Bertz CT molecular complexity index is 943. The Kier molecular flexibility index (Phi) is 7.63. The fourth-order valence-corrected chi connectivity index (χ4v) is 2.98. The SMILES string of the molecule is CCCCN(CCC(=O)Nc1cc(C)on1)c1c(N)n(CC(C)C)c(=O)[nH]c1=O. The Morgan fingerprint density at radius 1 is 1.38 bits per heavy atom. The third-order valence-electron chi connectivity index (χ3n) is 4.36. The van der Waals surface area contributed by atoms with Gasteiger partial charge in [0, 0.05) is 32.1 Å². The van der Waals surface area contributed by atoms with Crippen molar-refractivity contribution in [3.05, 3.63) is 32.7 Å². The number of aromatic amines is 1. The predicted molar refractivity (Wildman–Crippen MR) is 112 cm³/mol. The van der Waals surface area contributed by atoms with Gasteiger partial charge in [0.15, 0.2) is 5.82 Å². The van der Waals surface area contributed by atoms with Gasteiger partial charge in [-0.05, 0) is 19.3 Å². The fourth-order valence-electron chi connectivity index (χ4n) is 2.98. The molecule has 29 heavy (non-hydrogen) atoms. The van der Waals surface area contributed by atoms with E-state index in [2.05, 4.69) is 15.5 Å².